The first-order valence-corrected chi connectivity index (χ1v) is 5.61. The number of hydrogen-bond acceptors (Lipinski definition) is 2. The van der Waals surface area contributed by atoms with Crippen LogP contribution in [0.25, 0.3) is 10.9 Å². The predicted molar refractivity (Wildman–Crippen MR) is 68.1 cm³/mol. The number of H-pyrrole nitrogens is 1. The Morgan fingerprint density at radius 2 is 1.94 bits per heavy atom. The summed E-state index contributed by atoms with van der Waals surface area (Å²) in [7, 11) is 0. The molecule has 0 fully saturated rings. The second-order valence-electron chi connectivity index (χ2n) is 3.57. The van der Waals surface area contributed by atoms with Gasteiger partial charge in [-0.15, -0.1) is 0 Å². The molecule has 1 aromatic heterocycles. The van der Waals surface area contributed by atoms with Crippen molar-refractivity contribution >= 4 is 10.9 Å². The van der Waals surface area contributed by atoms with E-state index in [1.54, 1.807) is 0 Å². The van der Waals surface area contributed by atoms with Crippen LogP contribution < -0.4 is 0 Å². The Kier molecular flexibility index (Phi) is 5.34. The lowest BCUT2D eigenvalue weighted by atomic mass is 10.1. The zero-order chi connectivity index (χ0) is 12.5. The molecule has 2 rings (SSSR count). The Morgan fingerprint density at radius 1 is 1.18 bits per heavy atom. The van der Waals surface area contributed by atoms with Crippen LogP contribution in [0.3, 0.4) is 0 Å². The van der Waals surface area contributed by atoms with Crippen molar-refractivity contribution in [3.05, 3.63) is 36.0 Å². The van der Waals surface area contributed by atoms with Gasteiger partial charge in [-0.05, 0) is 29.5 Å². The van der Waals surface area contributed by atoms with Gasteiger partial charge in [0.05, 0.1) is 12.1 Å². The minimum Gasteiger partial charge on any atom is -0.361 e. The molecule has 1 heterocycles. The van der Waals surface area contributed by atoms with Gasteiger partial charge in [0.1, 0.15) is 0 Å². The number of aryl methyl sites for hydroxylation is 1. The summed E-state index contributed by atoms with van der Waals surface area (Å²) in [6.45, 7) is 1.82. The van der Waals surface area contributed by atoms with Gasteiger partial charge in [0, 0.05) is 24.6 Å². The smallest absolute Gasteiger partial charge is 0.0625 e. The van der Waals surface area contributed by atoms with Crippen LogP contribution in [0.5, 0.6) is 0 Å². The van der Waals surface area contributed by atoms with E-state index in [-0.39, 0.29) is 0 Å². The van der Waals surface area contributed by atoms with E-state index >= 15 is 0 Å². The molecule has 1 N–H and O–H groups in total. The molecule has 2 aromatic rings. The minimum absolute atomic E-state index is 0.589. The van der Waals surface area contributed by atoms with Crippen molar-refractivity contribution in [2.24, 2.45) is 0 Å². The van der Waals surface area contributed by atoms with E-state index < -0.39 is 0 Å². The minimum atomic E-state index is 0.589. The Balaban J connectivity index is 0.000000317. The number of aromatic nitrogens is 1. The van der Waals surface area contributed by atoms with Gasteiger partial charge in [0.2, 0.25) is 0 Å². The molecule has 3 heteroatoms. The van der Waals surface area contributed by atoms with Crippen LogP contribution in [0.15, 0.2) is 30.5 Å². The second kappa shape index (κ2) is 7.09. The Morgan fingerprint density at radius 3 is 2.59 bits per heavy atom. The van der Waals surface area contributed by atoms with Crippen molar-refractivity contribution in [1.82, 2.24) is 4.98 Å². The number of rotatable bonds is 2. The van der Waals surface area contributed by atoms with Crippen LogP contribution in [0.4, 0.5) is 0 Å². The number of nitriles is 2. The maximum absolute atomic E-state index is 8.44. The van der Waals surface area contributed by atoms with Gasteiger partial charge in [0.15, 0.2) is 0 Å². The van der Waals surface area contributed by atoms with Gasteiger partial charge >= 0.3 is 0 Å². The van der Waals surface area contributed by atoms with E-state index in [2.05, 4.69) is 29.3 Å². The molecule has 3 nitrogen and oxygen atoms in total. The first kappa shape index (κ1) is 12.8. The number of hydrogen-bond donors (Lipinski definition) is 1. The van der Waals surface area contributed by atoms with Crippen molar-refractivity contribution in [3.63, 3.8) is 0 Å². The summed E-state index contributed by atoms with van der Waals surface area (Å²) in [6.07, 6.45) is 3.98. The van der Waals surface area contributed by atoms with Crippen LogP contribution in [0, 0.1) is 22.7 Å². The van der Waals surface area contributed by atoms with Gasteiger partial charge in [-0.1, -0.05) is 19.1 Å². The van der Waals surface area contributed by atoms with Crippen LogP contribution >= 0.6 is 0 Å². The fourth-order valence-electron chi connectivity index (χ4n) is 1.45. The Bertz CT molecular complexity index is 540. The summed E-state index contributed by atoms with van der Waals surface area (Å²) in [4.78, 5) is 3.15. The topological polar surface area (TPSA) is 63.4 Å². The van der Waals surface area contributed by atoms with Gasteiger partial charge in [-0.25, -0.2) is 0 Å². The van der Waals surface area contributed by atoms with E-state index in [9.17, 15) is 0 Å². The summed E-state index contributed by atoms with van der Waals surface area (Å²) in [5.74, 6) is 0. The highest BCUT2D eigenvalue weighted by atomic mass is 14.7. The molecular formula is C14H15N3. The lowest BCUT2D eigenvalue weighted by molar-refractivity contribution is 1.01. The third-order valence-corrected chi connectivity index (χ3v) is 2.30. The lowest BCUT2D eigenvalue weighted by Crippen LogP contribution is -1.82. The molecule has 86 valence electrons. The molecule has 0 spiro atoms. The highest BCUT2D eigenvalue weighted by Crippen LogP contribution is 2.14. The lowest BCUT2D eigenvalue weighted by Gasteiger charge is -1.96. The SMILES string of the molecule is CCC#N.N#CCCc1ccc2cc[nH]c2c1. The highest BCUT2D eigenvalue weighted by Gasteiger charge is 1.96. The number of fused-ring (bicyclic) bond motifs is 1. The molecule has 0 radical (unpaired) electrons. The molecular weight excluding hydrogens is 210 g/mol. The van der Waals surface area contributed by atoms with Crippen LogP contribution in [-0.2, 0) is 6.42 Å². The van der Waals surface area contributed by atoms with Crippen LogP contribution in [0.2, 0.25) is 0 Å². The molecule has 0 aliphatic carbocycles. The molecule has 17 heavy (non-hydrogen) atoms. The molecule has 0 saturated heterocycles. The maximum Gasteiger partial charge on any atom is 0.0625 e. The predicted octanol–water partition coefficient (Wildman–Crippen LogP) is 3.54. The molecule has 0 bridgehead atoms. The number of benzene rings is 1. The van der Waals surface area contributed by atoms with Crippen LogP contribution in [-0.4, -0.2) is 4.98 Å². The normalized spacial score (nSPS) is 8.88. The van der Waals surface area contributed by atoms with Crippen molar-refractivity contribution in [1.29, 1.82) is 10.5 Å². The molecule has 0 aliphatic heterocycles. The average molecular weight is 225 g/mol. The summed E-state index contributed by atoms with van der Waals surface area (Å²) in [5, 5.41) is 17.3. The van der Waals surface area contributed by atoms with Crippen molar-refractivity contribution in [3.8, 4) is 12.1 Å². The van der Waals surface area contributed by atoms with Crippen molar-refractivity contribution < 1.29 is 0 Å². The maximum atomic E-state index is 8.44. The average Bonchev–Trinajstić information content (AvgIpc) is 2.84. The van der Waals surface area contributed by atoms with Gasteiger partial charge in [-0.2, -0.15) is 10.5 Å². The molecule has 0 amide bonds. The van der Waals surface area contributed by atoms with Gasteiger partial charge in [-0.3, -0.25) is 0 Å². The number of nitrogens with one attached hydrogen (secondary N) is 1. The molecule has 0 unspecified atom stereocenters. The Hall–Kier alpha value is -2.26. The summed E-state index contributed by atoms with van der Waals surface area (Å²) >= 11 is 0. The van der Waals surface area contributed by atoms with E-state index in [1.807, 2.05) is 25.3 Å². The van der Waals surface area contributed by atoms with Crippen molar-refractivity contribution in [2.45, 2.75) is 26.2 Å². The quantitative estimate of drug-likeness (QED) is 0.849. The van der Waals surface area contributed by atoms with E-state index in [0.717, 1.165) is 11.9 Å². The third-order valence-electron chi connectivity index (χ3n) is 2.30. The van der Waals surface area contributed by atoms with Crippen molar-refractivity contribution in [2.75, 3.05) is 0 Å². The van der Waals surface area contributed by atoms with E-state index in [0.29, 0.717) is 12.8 Å². The largest absolute Gasteiger partial charge is 0.361 e. The zero-order valence-corrected chi connectivity index (χ0v) is 9.90. The van der Waals surface area contributed by atoms with E-state index in [4.69, 9.17) is 10.5 Å². The standard InChI is InChI=1S/C11H10N2.C3H5N/c12-6-1-2-9-3-4-10-5-7-13-11(10)8-9;1-2-3-4/h3-5,7-8,13H,1-2H2;2H2,1H3. The summed E-state index contributed by atoms with van der Waals surface area (Å²) in [5.41, 5.74) is 2.37. The molecule has 0 atom stereocenters. The highest BCUT2D eigenvalue weighted by molar-refractivity contribution is 5.79. The molecule has 0 saturated carbocycles. The molecule has 0 aliphatic rings. The van der Waals surface area contributed by atoms with Crippen LogP contribution in [0.1, 0.15) is 25.3 Å². The zero-order valence-electron chi connectivity index (χ0n) is 9.90. The molecule has 1 aromatic carbocycles. The number of aromatic amines is 1. The van der Waals surface area contributed by atoms with Gasteiger partial charge < -0.3 is 4.98 Å². The number of nitrogens with zero attached hydrogens (tertiary/aromatic N) is 2. The third kappa shape index (κ3) is 4.01. The monoisotopic (exact) mass is 225 g/mol. The summed E-state index contributed by atoms with van der Waals surface area (Å²) < 4.78 is 0. The first-order chi connectivity index (χ1) is 8.31. The first-order valence-electron chi connectivity index (χ1n) is 5.61. The Labute approximate surface area is 101 Å². The fourth-order valence-corrected chi connectivity index (χ4v) is 1.45. The fraction of sp³-hybridized carbons (Fsp3) is 0.286. The summed E-state index contributed by atoms with van der Waals surface area (Å²) in [6, 6.07) is 12.4. The van der Waals surface area contributed by atoms with E-state index in [1.165, 1.54) is 10.9 Å². The second-order valence-corrected chi connectivity index (χ2v) is 3.57. The van der Waals surface area contributed by atoms with Gasteiger partial charge in [0.25, 0.3) is 0 Å².